The van der Waals surface area contributed by atoms with Crippen LogP contribution >= 0.6 is 11.2 Å². The molecule has 0 radical (unpaired) electrons. The Bertz CT molecular complexity index is 203. The molecule has 1 atom stereocenters. The second kappa shape index (κ2) is 14.0. The zero-order valence-electron chi connectivity index (χ0n) is 11.7. The highest BCUT2D eigenvalue weighted by molar-refractivity contribution is 7.88. The SMILES string of the molecule is CCCCCCCCCCCCS#CC(C)O. The van der Waals surface area contributed by atoms with E-state index in [1.54, 1.807) is 18.1 Å². The van der Waals surface area contributed by atoms with E-state index in [2.05, 4.69) is 12.1 Å². The quantitative estimate of drug-likeness (QED) is 0.548. The van der Waals surface area contributed by atoms with Gasteiger partial charge in [0.1, 0.15) is 6.10 Å². The lowest BCUT2D eigenvalue weighted by atomic mass is 10.1. The molecule has 0 rings (SSSR count). The van der Waals surface area contributed by atoms with E-state index < -0.39 is 0 Å². The van der Waals surface area contributed by atoms with E-state index in [9.17, 15) is 0 Å². The van der Waals surface area contributed by atoms with Crippen LogP contribution in [0.3, 0.4) is 0 Å². The Hall–Kier alpha value is -0.0400. The molecule has 1 N–H and O–H groups in total. The van der Waals surface area contributed by atoms with E-state index in [1.807, 2.05) is 0 Å². The zero-order chi connectivity index (χ0) is 12.8. The van der Waals surface area contributed by atoms with Crippen LogP contribution in [-0.4, -0.2) is 17.0 Å². The number of hydrogen-bond acceptors (Lipinski definition) is 1. The average molecular weight is 258 g/mol. The molecule has 0 aliphatic heterocycles. The Morgan fingerprint density at radius 2 is 1.35 bits per heavy atom. The van der Waals surface area contributed by atoms with Crippen LogP contribution in [0.25, 0.3) is 0 Å². The summed E-state index contributed by atoms with van der Waals surface area (Å²) in [5.74, 6) is 1.11. The molecule has 0 aliphatic carbocycles. The first-order valence-electron chi connectivity index (χ1n) is 7.32. The fraction of sp³-hybridized carbons (Fsp3) is 0.933. The van der Waals surface area contributed by atoms with Gasteiger partial charge < -0.3 is 5.11 Å². The molecule has 102 valence electrons. The van der Waals surface area contributed by atoms with E-state index in [0.717, 1.165) is 5.75 Å². The summed E-state index contributed by atoms with van der Waals surface area (Å²) in [6.07, 6.45) is 13.5. The Morgan fingerprint density at radius 3 is 1.82 bits per heavy atom. The van der Waals surface area contributed by atoms with Crippen molar-refractivity contribution in [1.82, 2.24) is 0 Å². The van der Waals surface area contributed by atoms with Gasteiger partial charge in [0.25, 0.3) is 0 Å². The normalized spacial score (nSPS) is 12.2. The molecule has 2 heteroatoms. The maximum absolute atomic E-state index is 8.98. The van der Waals surface area contributed by atoms with Crippen LogP contribution < -0.4 is 0 Å². The largest absolute Gasteiger partial charge is 0.380 e. The van der Waals surface area contributed by atoms with Gasteiger partial charge in [-0.2, -0.15) is 0 Å². The molecule has 1 nitrogen and oxygen atoms in total. The summed E-state index contributed by atoms with van der Waals surface area (Å²) in [6.45, 7) is 4.02. The van der Waals surface area contributed by atoms with Crippen molar-refractivity contribution in [2.75, 3.05) is 5.75 Å². The van der Waals surface area contributed by atoms with Gasteiger partial charge in [-0.25, -0.2) is 0 Å². The molecule has 0 aliphatic rings. The second-order valence-corrected chi connectivity index (χ2v) is 5.76. The first kappa shape index (κ1) is 17.0. The van der Waals surface area contributed by atoms with Crippen LogP contribution in [0.1, 0.15) is 78.1 Å². The molecule has 0 saturated heterocycles. The Kier molecular flexibility index (Phi) is 14.0. The van der Waals surface area contributed by atoms with Gasteiger partial charge in [0, 0.05) is 5.75 Å². The first-order chi connectivity index (χ1) is 8.27. The third-order valence-corrected chi connectivity index (χ3v) is 3.85. The van der Waals surface area contributed by atoms with Crippen molar-refractivity contribution in [1.29, 1.82) is 0 Å². The summed E-state index contributed by atoms with van der Waals surface area (Å²) in [6, 6.07) is 0. The minimum absolute atomic E-state index is 0.386. The number of unbranched alkanes of at least 4 members (excludes halogenated alkanes) is 9. The van der Waals surface area contributed by atoms with Gasteiger partial charge in [0.2, 0.25) is 0 Å². The molecule has 17 heavy (non-hydrogen) atoms. The van der Waals surface area contributed by atoms with Gasteiger partial charge in [-0.05, 0) is 13.3 Å². The lowest BCUT2D eigenvalue weighted by Gasteiger charge is -2.00. The lowest BCUT2D eigenvalue weighted by Crippen LogP contribution is -1.91. The first-order valence-corrected chi connectivity index (χ1v) is 8.31. The highest BCUT2D eigenvalue weighted by Crippen LogP contribution is 2.10. The van der Waals surface area contributed by atoms with E-state index in [4.69, 9.17) is 5.11 Å². The molecule has 0 fully saturated rings. The molecule has 0 spiro atoms. The predicted octanol–water partition coefficient (Wildman–Crippen LogP) is 4.98. The summed E-state index contributed by atoms with van der Waals surface area (Å²) in [7, 11) is 0. The third kappa shape index (κ3) is 16.0. The average Bonchev–Trinajstić information content (AvgIpc) is 2.30. The van der Waals surface area contributed by atoms with Crippen molar-refractivity contribution in [3.63, 3.8) is 0 Å². The molecule has 0 aromatic heterocycles. The van der Waals surface area contributed by atoms with Crippen molar-refractivity contribution in [2.45, 2.75) is 84.2 Å². The molecule has 0 amide bonds. The minimum Gasteiger partial charge on any atom is -0.380 e. The smallest absolute Gasteiger partial charge is 0.114 e. The van der Waals surface area contributed by atoms with Crippen molar-refractivity contribution in [3.8, 4) is 5.18 Å². The van der Waals surface area contributed by atoms with E-state index in [0.29, 0.717) is 0 Å². The summed E-state index contributed by atoms with van der Waals surface area (Å²) in [5, 5.41) is 11.9. The Labute approximate surface area is 112 Å². The fourth-order valence-electron chi connectivity index (χ4n) is 1.84. The fourth-order valence-corrected chi connectivity index (χ4v) is 2.55. The Morgan fingerprint density at radius 1 is 0.882 bits per heavy atom. The number of rotatable bonds is 10. The minimum atomic E-state index is -0.386. The van der Waals surface area contributed by atoms with E-state index in [1.165, 1.54) is 64.2 Å². The standard InChI is InChI=1S/C15H30OS/c1-3-4-5-6-7-8-9-10-11-12-13-17-14-15(2)16/h15-16H,3-13H2,1-2H3. The van der Waals surface area contributed by atoms with Gasteiger partial charge in [-0.3, -0.25) is 0 Å². The highest BCUT2D eigenvalue weighted by atomic mass is 32.1. The van der Waals surface area contributed by atoms with Gasteiger partial charge >= 0.3 is 0 Å². The van der Waals surface area contributed by atoms with E-state index in [-0.39, 0.29) is 6.10 Å². The van der Waals surface area contributed by atoms with E-state index >= 15 is 0 Å². The van der Waals surface area contributed by atoms with Crippen molar-refractivity contribution in [3.05, 3.63) is 0 Å². The molecular weight excluding hydrogens is 228 g/mol. The van der Waals surface area contributed by atoms with Gasteiger partial charge in [0.05, 0.1) is 0 Å². The molecule has 1 unspecified atom stereocenters. The molecule has 0 aromatic rings. The second-order valence-electron chi connectivity index (χ2n) is 4.82. The van der Waals surface area contributed by atoms with Crippen LogP contribution in [0.5, 0.6) is 0 Å². The highest BCUT2D eigenvalue weighted by Gasteiger charge is 1.92. The van der Waals surface area contributed by atoms with Crippen LogP contribution in [-0.2, 0) is 0 Å². The third-order valence-electron chi connectivity index (χ3n) is 2.85. The van der Waals surface area contributed by atoms with Crippen molar-refractivity contribution in [2.24, 2.45) is 0 Å². The summed E-state index contributed by atoms with van der Waals surface area (Å²) >= 11 is 1.64. The monoisotopic (exact) mass is 258 g/mol. The van der Waals surface area contributed by atoms with Crippen LogP contribution in [0.15, 0.2) is 0 Å². The summed E-state index contributed by atoms with van der Waals surface area (Å²) in [4.78, 5) is 0. The molecule has 0 saturated carbocycles. The molecule has 0 heterocycles. The Balaban J connectivity index is 3.02. The zero-order valence-corrected chi connectivity index (χ0v) is 12.5. The maximum atomic E-state index is 8.98. The summed E-state index contributed by atoms with van der Waals surface area (Å²) in [5.41, 5.74) is 0. The van der Waals surface area contributed by atoms with Gasteiger partial charge in [0.15, 0.2) is 0 Å². The van der Waals surface area contributed by atoms with Crippen molar-refractivity contribution >= 4 is 11.2 Å². The lowest BCUT2D eigenvalue weighted by molar-refractivity contribution is 0.254. The topological polar surface area (TPSA) is 20.2 Å². The molecule has 0 bridgehead atoms. The predicted molar refractivity (Wildman–Crippen MR) is 79.9 cm³/mol. The molecule has 0 aromatic carbocycles. The number of aliphatic hydroxyl groups excluding tert-OH is 1. The van der Waals surface area contributed by atoms with Crippen LogP contribution in [0.4, 0.5) is 0 Å². The maximum Gasteiger partial charge on any atom is 0.114 e. The molecular formula is C15H30OS. The van der Waals surface area contributed by atoms with Crippen LogP contribution in [0, 0.1) is 5.18 Å². The number of hydrogen-bond donors (Lipinski definition) is 1. The number of aliphatic hydroxyl groups is 1. The van der Waals surface area contributed by atoms with Gasteiger partial charge in [-0.15, -0.1) is 11.2 Å². The van der Waals surface area contributed by atoms with Gasteiger partial charge in [-0.1, -0.05) is 69.9 Å². The van der Waals surface area contributed by atoms with Crippen LogP contribution in [0.2, 0.25) is 0 Å². The summed E-state index contributed by atoms with van der Waals surface area (Å²) < 4.78 is 0. The van der Waals surface area contributed by atoms with Crippen molar-refractivity contribution < 1.29 is 5.11 Å².